The first kappa shape index (κ1) is 18.5. The van der Waals surface area contributed by atoms with Gasteiger partial charge in [0.2, 0.25) is 0 Å². The van der Waals surface area contributed by atoms with Crippen molar-refractivity contribution in [2.75, 3.05) is 0 Å². The summed E-state index contributed by atoms with van der Waals surface area (Å²) < 4.78 is 15.7. The standard InChI is InChI=1S/C19H14ClFN4O2/c1-4-5-24-12(3)17(16-7-14(20)15(21)10-23-16)18(26)25(19(24)27)13-6-11(2)8-22-9-13/h1,6-10H,5H2,2-3H3. The zero-order chi connectivity index (χ0) is 19.7. The van der Waals surface area contributed by atoms with Gasteiger partial charge in [0.1, 0.15) is 0 Å². The molecule has 0 N–H and O–H groups in total. The number of rotatable bonds is 3. The Labute approximate surface area is 158 Å². The second-order valence-corrected chi connectivity index (χ2v) is 6.29. The first-order valence-corrected chi connectivity index (χ1v) is 8.26. The minimum atomic E-state index is -0.710. The summed E-state index contributed by atoms with van der Waals surface area (Å²) in [6.45, 7) is 3.32. The fourth-order valence-corrected chi connectivity index (χ4v) is 2.92. The highest BCUT2D eigenvalue weighted by molar-refractivity contribution is 6.30. The van der Waals surface area contributed by atoms with Gasteiger partial charge in [0, 0.05) is 11.9 Å². The Morgan fingerprint density at radius 3 is 2.59 bits per heavy atom. The molecule has 0 bridgehead atoms. The van der Waals surface area contributed by atoms with Crippen molar-refractivity contribution in [1.29, 1.82) is 0 Å². The van der Waals surface area contributed by atoms with Gasteiger partial charge in [-0.15, -0.1) is 6.42 Å². The van der Waals surface area contributed by atoms with Gasteiger partial charge in [-0.25, -0.2) is 13.8 Å². The summed E-state index contributed by atoms with van der Waals surface area (Å²) in [5.74, 6) is 1.69. The van der Waals surface area contributed by atoms with Crippen LogP contribution in [0.5, 0.6) is 0 Å². The number of pyridine rings is 2. The van der Waals surface area contributed by atoms with Crippen molar-refractivity contribution >= 4 is 11.6 Å². The fraction of sp³-hybridized carbons (Fsp3) is 0.158. The van der Waals surface area contributed by atoms with Crippen molar-refractivity contribution < 1.29 is 4.39 Å². The normalized spacial score (nSPS) is 10.6. The molecule has 0 saturated carbocycles. The average Bonchev–Trinajstić information content (AvgIpc) is 2.62. The third kappa shape index (κ3) is 3.27. The number of aromatic nitrogens is 4. The highest BCUT2D eigenvalue weighted by atomic mass is 35.5. The van der Waals surface area contributed by atoms with Crippen molar-refractivity contribution in [1.82, 2.24) is 19.1 Å². The maximum Gasteiger partial charge on any atom is 0.336 e. The lowest BCUT2D eigenvalue weighted by atomic mass is 10.1. The number of hydrogen-bond acceptors (Lipinski definition) is 4. The summed E-state index contributed by atoms with van der Waals surface area (Å²) in [5, 5.41) is -0.183. The molecule has 0 amide bonds. The lowest BCUT2D eigenvalue weighted by Crippen LogP contribution is -2.41. The van der Waals surface area contributed by atoms with Crippen LogP contribution in [0.4, 0.5) is 4.39 Å². The smallest absolute Gasteiger partial charge is 0.285 e. The van der Waals surface area contributed by atoms with E-state index >= 15 is 0 Å². The number of terminal acetylenes is 1. The Morgan fingerprint density at radius 1 is 1.22 bits per heavy atom. The number of aryl methyl sites for hydroxylation is 1. The van der Waals surface area contributed by atoms with Crippen LogP contribution in [0.15, 0.2) is 40.3 Å². The molecule has 0 fully saturated rings. The maximum atomic E-state index is 13.5. The first-order chi connectivity index (χ1) is 12.8. The molecule has 6 nitrogen and oxygen atoms in total. The van der Waals surface area contributed by atoms with Gasteiger partial charge in [-0.1, -0.05) is 17.5 Å². The Balaban J connectivity index is 2.44. The molecular weight excluding hydrogens is 371 g/mol. The van der Waals surface area contributed by atoms with E-state index < -0.39 is 17.1 Å². The molecule has 3 aromatic heterocycles. The fourth-order valence-electron chi connectivity index (χ4n) is 2.76. The van der Waals surface area contributed by atoms with Crippen LogP contribution in [0, 0.1) is 32.0 Å². The third-order valence-electron chi connectivity index (χ3n) is 4.04. The lowest BCUT2D eigenvalue weighted by Gasteiger charge is -2.15. The first-order valence-electron chi connectivity index (χ1n) is 7.88. The Morgan fingerprint density at radius 2 is 1.96 bits per heavy atom. The quantitative estimate of drug-likeness (QED) is 0.650. The minimum absolute atomic E-state index is 0.0495. The molecule has 3 rings (SSSR count). The molecule has 0 spiro atoms. The molecule has 0 unspecified atom stereocenters. The molecule has 0 atom stereocenters. The van der Waals surface area contributed by atoms with Crippen molar-refractivity contribution in [3.8, 4) is 29.3 Å². The van der Waals surface area contributed by atoms with Crippen molar-refractivity contribution in [3.63, 3.8) is 0 Å². The molecule has 0 radical (unpaired) electrons. The third-order valence-corrected chi connectivity index (χ3v) is 4.33. The molecule has 8 heteroatoms. The van der Waals surface area contributed by atoms with Gasteiger partial charge in [0.15, 0.2) is 5.82 Å². The van der Waals surface area contributed by atoms with Crippen molar-refractivity contribution in [2.24, 2.45) is 0 Å². The monoisotopic (exact) mass is 384 g/mol. The van der Waals surface area contributed by atoms with Crippen LogP contribution in [0.3, 0.4) is 0 Å². The SMILES string of the molecule is C#CCn1c(C)c(-c2cc(Cl)c(F)cn2)c(=O)n(-c2cncc(C)c2)c1=O. The Hall–Kier alpha value is -3.24. The van der Waals surface area contributed by atoms with E-state index in [0.29, 0.717) is 11.4 Å². The van der Waals surface area contributed by atoms with Crippen LogP contribution in [-0.2, 0) is 6.54 Å². The Bertz CT molecular complexity index is 1210. The molecule has 0 aromatic carbocycles. The predicted molar refractivity (Wildman–Crippen MR) is 101 cm³/mol. The molecule has 136 valence electrons. The van der Waals surface area contributed by atoms with Gasteiger partial charge in [0.25, 0.3) is 5.56 Å². The average molecular weight is 385 g/mol. The van der Waals surface area contributed by atoms with Gasteiger partial charge in [0.05, 0.1) is 40.9 Å². The summed E-state index contributed by atoms with van der Waals surface area (Å²) in [7, 11) is 0. The summed E-state index contributed by atoms with van der Waals surface area (Å²) in [4.78, 5) is 34.1. The second kappa shape index (κ2) is 7.17. The van der Waals surface area contributed by atoms with E-state index in [9.17, 15) is 14.0 Å². The van der Waals surface area contributed by atoms with E-state index in [1.165, 1.54) is 16.8 Å². The number of nitrogens with zero attached hydrogens (tertiary/aromatic N) is 4. The second-order valence-electron chi connectivity index (χ2n) is 5.88. The molecular formula is C19H14ClFN4O2. The van der Waals surface area contributed by atoms with Gasteiger partial charge in [-0.05, 0) is 31.5 Å². The van der Waals surface area contributed by atoms with E-state index in [0.717, 1.165) is 16.3 Å². The Kier molecular flexibility index (Phi) is 4.93. The van der Waals surface area contributed by atoms with E-state index in [-0.39, 0.29) is 22.8 Å². The zero-order valence-corrected chi connectivity index (χ0v) is 15.3. The molecule has 27 heavy (non-hydrogen) atoms. The van der Waals surface area contributed by atoms with Crippen LogP contribution in [-0.4, -0.2) is 19.1 Å². The van der Waals surface area contributed by atoms with E-state index in [1.54, 1.807) is 26.1 Å². The summed E-state index contributed by atoms with van der Waals surface area (Å²) in [6, 6.07) is 2.89. The molecule has 0 aliphatic heterocycles. The summed E-state index contributed by atoms with van der Waals surface area (Å²) >= 11 is 5.84. The van der Waals surface area contributed by atoms with Crippen molar-refractivity contribution in [2.45, 2.75) is 20.4 Å². The van der Waals surface area contributed by atoms with Crippen LogP contribution >= 0.6 is 11.6 Å². The molecule has 3 aromatic rings. The topological polar surface area (TPSA) is 69.8 Å². The van der Waals surface area contributed by atoms with Gasteiger partial charge >= 0.3 is 5.69 Å². The number of hydrogen-bond donors (Lipinski definition) is 0. The van der Waals surface area contributed by atoms with Crippen LogP contribution < -0.4 is 11.2 Å². The van der Waals surface area contributed by atoms with E-state index in [4.69, 9.17) is 18.0 Å². The van der Waals surface area contributed by atoms with Crippen LogP contribution in [0.2, 0.25) is 5.02 Å². The molecule has 0 aliphatic carbocycles. The highest BCUT2D eigenvalue weighted by Gasteiger charge is 2.20. The maximum absolute atomic E-state index is 13.5. The summed E-state index contributed by atoms with van der Waals surface area (Å²) in [5.41, 5.74) is 0.415. The predicted octanol–water partition coefficient (Wildman–Crippen LogP) is 2.50. The van der Waals surface area contributed by atoms with Gasteiger partial charge in [-0.3, -0.25) is 19.3 Å². The largest absolute Gasteiger partial charge is 0.336 e. The van der Waals surface area contributed by atoms with E-state index in [2.05, 4.69) is 15.9 Å². The van der Waals surface area contributed by atoms with Gasteiger partial charge < -0.3 is 0 Å². The van der Waals surface area contributed by atoms with E-state index in [1.807, 2.05) is 0 Å². The highest BCUT2D eigenvalue weighted by Crippen LogP contribution is 2.22. The van der Waals surface area contributed by atoms with Crippen LogP contribution in [0.1, 0.15) is 11.3 Å². The molecule has 0 saturated heterocycles. The lowest BCUT2D eigenvalue weighted by molar-refractivity contribution is 0.622. The minimum Gasteiger partial charge on any atom is -0.285 e. The van der Waals surface area contributed by atoms with Crippen LogP contribution in [0.25, 0.3) is 16.9 Å². The summed E-state index contributed by atoms with van der Waals surface area (Å²) in [6.07, 6.45) is 9.31. The molecule has 3 heterocycles. The molecule has 0 aliphatic rings. The number of halogens is 2. The zero-order valence-electron chi connectivity index (χ0n) is 14.5. The van der Waals surface area contributed by atoms with Crippen molar-refractivity contribution in [3.05, 3.63) is 73.7 Å². The van der Waals surface area contributed by atoms with Gasteiger partial charge in [-0.2, -0.15) is 0 Å².